The first-order chi connectivity index (χ1) is 6.06. The Bertz CT molecular complexity index is 265. The molecule has 4 N–H and O–H groups in total. The van der Waals surface area contributed by atoms with Gasteiger partial charge in [0.25, 0.3) is 0 Å². The van der Waals surface area contributed by atoms with Gasteiger partial charge in [0.2, 0.25) is 0 Å². The summed E-state index contributed by atoms with van der Waals surface area (Å²) in [4.78, 5) is 32.7. The molecule has 0 heterocycles. The highest BCUT2D eigenvalue weighted by Gasteiger charge is 2.29. The van der Waals surface area contributed by atoms with Crippen LogP contribution in [0.2, 0.25) is 0 Å². The lowest BCUT2D eigenvalue weighted by atomic mass is 10.4. The van der Waals surface area contributed by atoms with Crippen molar-refractivity contribution in [2.24, 2.45) is 0 Å². The molecule has 14 heavy (non-hydrogen) atoms. The van der Waals surface area contributed by atoms with E-state index in [1.165, 1.54) is 6.92 Å². The summed E-state index contributed by atoms with van der Waals surface area (Å²) in [6.07, 6.45) is 0. The number of carboxylic acid groups (broad SMARTS) is 1. The summed E-state index contributed by atoms with van der Waals surface area (Å²) in [6.45, 7) is 4.60. The van der Waals surface area contributed by atoms with Gasteiger partial charge in [0.05, 0.1) is 0 Å². The monoisotopic (exact) mass is 247 g/mol. The summed E-state index contributed by atoms with van der Waals surface area (Å²) in [5.41, 5.74) is 0.176. The first-order valence-corrected chi connectivity index (χ1v) is 5.52. The first kappa shape index (κ1) is 15.8. The van der Waals surface area contributed by atoms with Crippen LogP contribution < -0.4 is 0 Å². The molecule has 0 aromatic rings. The van der Waals surface area contributed by atoms with Crippen LogP contribution in [0.15, 0.2) is 12.2 Å². The van der Waals surface area contributed by atoms with Crippen molar-refractivity contribution in [3.8, 4) is 0 Å². The van der Waals surface area contributed by atoms with E-state index in [2.05, 4.69) is 10.9 Å². The van der Waals surface area contributed by atoms with Crippen LogP contribution in [0.4, 0.5) is 0 Å². The quantitative estimate of drug-likeness (QED) is 0.414. The maximum absolute atomic E-state index is 9.60. The van der Waals surface area contributed by atoms with E-state index in [1.807, 2.05) is 0 Å². The lowest BCUT2D eigenvalue weighted by Crippen LogP contribution is -1.92. The molecule has 0 aliphatic rings. The van der Waals surface area contributed by atoms with Gasteiger partial charge in [-0.25, -0.2) is 9.36 Å². The summed E-state index contributed by atoms with van der Waals surface area (Å²) >= 11 is 0. The largest absolute Gasteiger partial charge is 0.705 e. The molecule has 0 rings (SSSR count). The molecule has 0 amide bonds. The molecule has 0 aliphatic carbocycles. The molecular weight excluding hydrogens is 238 g/mol. The Morgan fingerprint density at radius 1 is 1.50 bits per heavy atom. The molecule has 0 radical (unpaired) electrons. The van der Waals surface area contributed by atoms with Crippen LogP contribution >= 0.6 is 16.1 Å². The van der Waals surface area contributed by atoms with E-state index in [0.29, 0.717) is 0 Å². The second-order valence-electron chi connectivity index (χ2n) is 1.90. The summed E-state index contributed by atoms with van der Waals surface area (Å²) in [5.74, 6) is -0.935. The normalized spacial score (nSPS) is 11.0. The summed E-state index contributed by atoms with van der Waals surface area (Å²) in [6, 6.07) is 0. The molecule has 0 saturated heterocycles. The van der Waals surface area contributed by atoms with Gasteiger partial charge in [-0.1, -0.05) is 6.58 Å². The third kappa shape index (κ3) is 17.5. The van der Waals surface area contributed by atoms with Gasteiger partial charge in [0.15, 0.2) is 0 Å². The van der Waals surface area contributed by atoms with Gasteiger partial charge in [0.1, 0.15) is 0 Å². The number of aliphatic carboxylic acids is 1. The zero-order chi connectivity index (χ0) is 11.9. The fourth-order valence-corrected chi connectivity index (χ4v) is 0.819. The first-order valence-electron chi connectivity index (χ1n) is 2.86. The van der Waals surface area contributed by atoms with Crippen LogP contribution in [0, 0.1) is 0 Å². The minimum Gasteiger partial charge on any atom is -0.478 e. The van der Waals surface area contributed by atoms with E-state index in [0.717, 1.165) is 0 Å². The molecule has 0 aromatic carbocycles. The summed E-state index contributed by atoms with van der Waals surface area (Å²) < 4.78 is 22.2. The highest BCUT2D eigenvalue weighted by Crippen LogP contribution is 2.45. The van der Waals surface area contributed by atoms with Crippen LogP contribution in [-0.4, -0.2) is 25.8 Å². The van der Waals surface area contributed by atoms with Crippen LogP contribution in [0.25, 0.3) is 0 Å². The van der Waals surface area contributed by atoms with Gasteiger partial charge in [-0.3, -0.25) is 0 Å². The van der Waals surface area contributed by atoms with Crippen molar-refractivity contribution in [3.05, 3.63) is 12.2 Å². The number of phosphoric acid groups is 1. The molecule has 82 valence electrons. The van der Waals surface area contributed by atoms with E-state index < -0.39 is 22.0 Å². The highest BCUT2D eigenvalue weighted by molar-refractivity contribution is 7.54. The second kappa shape index (κ2) is 6.78. The van der Waals surface area contributed by atoms with E-state index in [9.17, 15) is 13.9 Å². The van der Waals surface area contributed by atoms with E-state index in [4.69, 9.17) is 19.8 Å². The Kier molecular flexibility index (Phi) is 7.67. The van der Waals surface area contributed by atoms with Gasteiger partial charge < -0.3 is 14.9 Å². The van der Waals surface area contributed by atoms with Gasteiger partial charge >= 0.3 is 22.0 Å². The molecular formula is C4H9O8P2+. The third-order valence-electron chi connectivity index (χ3n) is 0.541. The van der Waals surface area contributed by atoms with Crippen molar-refractivity contribution in [3.63, 3.8) is 0 Å². The Morgan fingerprint density at radius 2 is 1.79 bits per heavy atom. The molecule has 0 saturated carbocycles. The maximum Gasteiger partial charge on any atom is 0.705 e. The van der Waals surface area contributed by atoms with Crippen molar-refractivity contribution in [2.75, 3.05) is 0 Å². The molecule has 0 spiro atoms. The summed E-state index contributed by atoms with van der Waals surface area (Å²) in [7, 11) is -7.96. The minimum absolute atomic E-state index is 0.176. The zero-order valence-electron chi connectivity index (χ0n) is 7.02. The zero-order valence-corrected chi connectivity index (χ0v) is 8.81. The van der Waals surface area contributed by atoms with Crippen LogP contribution in [-0.2, 0) is 18.2 Å². The Balaban J connectivity index is 0. The Morgan fingerprint density at radius 3 is 1.79 bits per heavy atom. The molecule has 0 fully saturated rings. The summed E-state index contributed by atoms with van der Waals surface area (Å²) in [5, 5.41) is 7.89. The lowest BCUT2D eigenvalue weighted by Gasteiger charge is -1.86. The van der Waals surface area contributed by atoms with Crippen molar-refractivity contribution >= 4 is 22.0 Å². The van der Waals surface area contributed by atoms with E-state index in [-0.39, 0.29) is 5.57 Å². The lowest BCUT2D eigenvalue weighted by molar-refractivity contribution is -0.132. The van der Waals surface area contributed by atoms with Gasteiger partial charge in [-0.15, -0.1) is 4.89 Å². The maximum atomic E-state index is 9.60. The number of hydrogen-bond donors (Lipinski definition) is 4. The van der Waals surface area contributed by atoms with Gasteiger partial charge in [0, 0.05) is 10.1 Å². The van der Waals surface area contributed by atoms with E-state index >= 15 is 0 Å². The number of hydrogen-bond acceptors (Lipinski definition) is 4. The van der Waals surface area contributed by atoms with Crippen LogP contribution in [0.5, 0.6) is 0 Å². The molecule has 0 aliphatic heterocycles. The average Bonchev–Trinajstić information content (AvgIpc) is 1.81. The SMILES string of the molecule is C=C(C)C(=O)O.O=[P+](O)OP(=O)(O)O. The molecule has 10 heteroatoms. The Labute approximate surface area is 80.0 Å². The van der Waals surface area contributed by atoms with Gasteiger partial charge in [-0.05, 0) is 11.2 Å². The molecule has 8 nitrogen and oxygen atoms in total. The second-order valence-corrected chi connectivity index (χ2v) is 4.01. The van der Waals surface area contributed by atoms with Crippen molar-refractivity contribution in [1.29, 1.82) is 0 Å². The predicted molar refractivity (Wildman–Crippen MR) is 45.4 cm³/mol. The average molecular weight is 247 g/mol. The molecule has 0 bridgehead atoms. The smallest absolute Gasteiger partial charge is 0.478 e. The topological polar surface area (TPSA) is 141 Å². The minimum atomic E-state index is -4.76. The Hall–Kier alpha value is -0.620. The fraction of sp³-hybridized carbons (Fsp3) is 0.250. The number of carboxylic acids is 1. The number of carbonyl (C=O) groups is 1. The van der Waals surface area contributed by atoms with Gasteiger partial charge in [-0.2, -0.15) is 0 Å². The van der Waals surface area contributed by atoms with Crippen molar-refractivity contribution < 1.29 is 38.0 Å². The van der Waals surface area contributed by atoms with Crippen molar-refractivity contribution in [2.45, 2.75) is 6.92 Å². The molecule has 1 atom stereocenters. The molecule has 0 aromatic heterocycles. The van der Waals surface area contributed by atoms with Crippen LogP contribution in [0.1, 0.15) is 6.92 Å². The highest BCUT2D eigenvalue weighted by atomic mass is 31.2. The van der Waals surface area contributed by atoms with Crippen molar-refractivity contribution in [1.82, 2.24) is 0 Å². The predicted octanol–water partition coefficient (Wildman–Crippen LogP) is 0.392. The van der Waals surface area contributed by atoms with E-state index in [1.54, 1.807) is 0 Å². The van der Waals surface area contributed by atoms with Crippen LogP contribution in [0.3, 0.4) is 0 Å². The third-order valence-corrected chi connectivity index (χ3v) is 1.95. The molecule has 1 unspecified atom stereocenters. The fourth-order valence-electron chi connectivity index (χ4n) is 0.0910. The number of rotatable bonds is 3. The standard InChI is InChI=1S/C4H6O2.H2O6P2/c1-3(2)4(5)6;1-7(2)6-8(3,4)5/h1H2,2H3,(H,5,6);(H2-,1,2,3,4,5)/p+1.